The van der Waals surface area contributed by atoms with Gasteiger partial charge in [-0.25, -0.2) is 9.97 Å². The molecule has 4 rings (SSSR count). The maximum atomic E-state index is 12.7. The van der Waals surface area contributed by atoms with Crippen LogP contribution < -0.4 is 10.2 Å². The molecule has 0 spiro atoms. The minimum absolute atomic E-state index is 0.209. The third-order valence-electron chi connectivity index (χ3n) is 5.16. The van der Waals surface area contributed by atoms with E-state index in [1.807, 2.05) is 54.6 Å². The zero-order chi connectivity index (χ0) is 21.5. The second kappa shape index (κ2) is 10.4. The molecule has 1 aromatic heterocycles. The number of hydrogen-bond acceptors (Lipinski definition) is 5. The van der Waals surface area contributed by atoms with Crippen molar-refractivity contribution in [3.05, 3.63) is 88.2 Å². The van der Waals surface area contributed by atoms with E-state index >= 15 is 0 Å². The molecule has 2 aromatic carbocycles. The van der Waals surface area contributed by atoms with E-state index in [0.717, 1.165) is 42.6 Å². The molecule has 0 unspecified atom stereocenters. The lowest BCUT2D eigenvalue weighted by Gasteiger charge is -2.16. The third-order valence-corrected chi connectivity index (χ3v) is 5.44. The van der Waals surface area contributed by atoms with Crippen molar-refractivity contribution in [2.75, 3.05) is 18.0 Å². The summed E-state index contributed by atoms with van der Waals surface area (Å²) in [5.74, 6) is 0.253. The summed E-state index contributed by atoms with van der Waals surface area (Å²) in [5.41, 5.74) is 3.39. The molecule has 1 fully saturated rings. The Bertz CT molecular complexity index is 1020. The van der Waals surface area contributed by atoms with Crippen LogP contribution in [-0.4, -0.2) is 29.0 Å². The predicted molar refractivity (Wildman–Crippen MR) is 121 cm³/mol. The van der Waals surface area contributed by atoms with Crippen LogP contribution in [0.2, 0.25) is 5.02 Å². The highest BCUT2D eigenvalue weighted by atomic mass is 35.5. The Morgan fingerprint density at radius 1 is 1.00 bits per heavy atom. The Morgan fingerprint density at radius 2 is 1.71 bits per heavy atom. The molecule has 1 aliphatic heterocycles. The fourth-order valence-electron chi connectivity index (χ4n) is 3.54. The van der Waals surface area contributed by atoms with Crippen LogP contribution in [0.1, 0.15) is 40.0 Å². The summed E-state index contributed by atoms with van der Waals surface area (Å²) in [4.78, 5) is 23.4. The summed E-state index contributed by atoms with van der Waals surface area (Å²) >= 11 is 6.19. The van der Waals surface area contributed by atoms with Crippen molar-refractivity contribution in [2.45, 2.75) is 32.6 Å². The molecular weight excluding hydrogens is 412 g/mol. The average molecular weight is 437 g/mol. The summed E-state index contributed by atoms with van der Waals surface area (Å²) in [7, 11) is 0. The van der Waals surface area contributed by atoms with Gasteiger partial charge in [0.1, 0.15) is 0 Å². The average Bonchev–Trinajstić information content (AvgIpc) is 3.34. The molecule has 1 N–H and O–H groups in total. The first kappa shape index (κ1) is 21.3. The van der Waals surface area contributed by atoms with E-state index in [-0.39, 0.29) is 16.6 Å². The van der Waals surface area contributed by atoms with Gasteiger partial charge in [-0.1, -0.05) is 66.2 Å². The number of nitrogens with one attached hydrogen (secondary N) is 1. The number of nitrogens with zero attached hydrogens (tertiary/aromatic N) is 3. The molecule has 3 aromatic rings. The van der Waals surface area contributed by atoms with Crippen LogP contribution in [-0.2, 0) is 24.5 Å². The van der Waals surface area contributed by atoms with Crippen molar-refractivity contribution < 1.29 is 9.53 Å². The fourth-order valence-corrected chi connectivity index (χ4v) is 3.72. The van der Waals surface area contributed by atoms with Crippen LogP contribution in [0.5, 0.6) is 0 Å². The Kier molecular flexibility index (Phi) is 7.12. The van der Waals surface area contributed by atoms with Gasteiger partial charge < -0.3 is 15.0 Å². The van der Waals surface area contributed by atoms with E-state index in [1.54, 1.807) is 0 Å². The minimum atomic E-state index is -0.307. The summed E-state index contributed by atoms with van der Waals surface area (Å²) < 4.78 is 5.81. The second-order valence-electron chi connectivity index (χ2n) is 7.54. The molecule has 0 aliphatic carbocycles. The van der Waals surface area contributed by atoms with Crippen molar-refractivity contribution in [1.82, 2.24) is 15.3 Å². The van der Waals surface area contributed by atoms with Gasteiger partial charge in [-0.05, 0) is 29.5 Å². The molecule has 6 nitrogen and oxygen atoms in total. The molecule has 1 saturated heterocycles. The number of aromatic nitrogens is 2. The van der Waals surface area contributed by atoms with Crippen molar-refractivity contribution in [2.24, 2.45) is 0 Å². The topological polar surface area (TPSA) is 67.3 Å². The zero-order valence-corrected chi connectivity index (χ0v) is 18.0. The van der Waals surface area contributed by atoms with Gasteiger partial charge in [0.15, 0.2) is 5.69 Å². The summed E-state index contributed by atoms with van der Waals surface area (Å²) in [5, 5.41) is 3.16. The zero-order valence-electron chi connectivity index (χ0n) is 17.3. The molecule has 0 bridgehead atoms. The molecule has 2 heterocycles. The number of amides is 1. The fraction of sp³-hybridized carbons (Fsp3) is 0.292. The molecule has 1 aliphatic rings. The maximum absolute atomic E-state index is 12.7. The van der Waals surface area contributed by atoms with Crippen molar-refractivity contribution in [3.63, 3.8) is 0 Å². The van der Waals surface area contributed by atoms with Gasteiger partial charge in [-0.15, -0.1) is 0 Å². The number of halogens is 1. The highest BCUT2D eigenvalue weighted by molar-refractivity contribution is 6.33. The van der Waals surface area contributed by atoms with Crippen LogP contribution in [0.25, 0.3) is 0 Å². The van der Waals surface area contributed by atoms with Crippen molar-refractivity contribution >= 4 is 23.5 Å². The lowest BCUT2D eigenvalue weighted by atomic mass is 10.1. The Morgan fingerprint density at radius 3 is 2.52 bits per heavy atom. The Hall–Kier alpha value is -2.96. The Balaban J connectivity index is 1.33. The van der Waals surface area contributed by atoms with Gasteiger partial charge in [0, 0.05) is 19.6 Å². The summed E-state index contributed by atoms with van der Waals surface area (Å²) in [6.45, 7) is 3.26. The van der Waals surface area contributed by atoms with E-state index in [1.165, 1.54) is 6.20 Å². The van der Waals surface area contributed by atoms with Gasteiger partial charge in [-0.2, -0.15) is 0 Å². The molecule has 1 amide bonds. The van der Waals surface area contributed by atoms with Gasteiger partial charge >= 0.3 is 0 Å². The maximum Gasteiger partial charge on any atom is 0.271 e. The first-order chi connectivity index (χ1) is 15.2. The van der Waals surface area contributed by atoms with E-state index in [4.69, 9.17) is 16.3 Å². The number of benzene rings is 2. The highest BCUT2D eigenvalue weighted by Gasteiger charge is 2.19. The molecule has 7 heteroatoms. The number of hydrogen-bond donors (Lipinski definition) is 1. The van der Waals surface area contributed by atoms with E-state index < -0.39 is 0 Å². The number of carbonyl (C=O) groups is 1. The molecule has 0 radical (unpaired) electrons. The van der Waals surface area contributed by atoms with E-state index in [2.05, 4.69) is 20.2 Å². The highest BCUT2D eigenvalue weighted by Crippen LogP contribution is 2.20. The number of carbonyl (C=O) groups excluding carboxylic acids is 1. The van der Waals surface area contributed by atoms with Gasteiger partial charge in [-0.3, -0.25) is 4.79 Å². The number of anilines is 1. The normalized spacial score (nSPS) is 13.4. The standard InChI is InChI=1S/C24H25ClN4O2/c25-21-15-27-24(29-11-4-5-12-29)28-22(21)23(30)26-14-19-9-6-10-20(13-19)17-31-16-18-7-2-1-3-8-18/h1-3,6-10,13,15H,4-5,11-12,14,16-17H2,(H,26,30). The van der Waals surface area contributed by atoms with Gasteiger partial charge in [0.05, 0.1) is 24.4 Å². The van der Waals surface area contributed by atoms with Crippen LogP contribution in [0.15, 0.2) is 60.8 Å². The summed E-state index contributed by atoms with van der Waals surface area (Å²) in [6, 6.07) is 18.0. The van der Waals surface area contributed by atoms with E-state index in [9.17, 15) is 4.79 Å². The molecule has 0 atom stereocenters. The van der Waals surface area contributed by atoms with Crippen molar-refractivity contribution in [1.29, 1.82) is 0 Å². The predicted octanol–water partition coefficient (Wildman–Crippen LogP) is 4.38. The molecular formula is C24H25ClN4O2. The van der Waals surface area contributed by atoms with Crippen LogP contribution in [0.4, 0.5) is 5.95 Å². The molecule has 160 valence electrons. The van der Waals surface area contributed by atoms with Crippen LogP contribution in [0.3, 0.4) is 0 Å². The first-order valence-corrected chi connectivity index (χ1v) is 10.8. The largest absolute Gasteiger partial charge is 0.372 e. The smallest absolute Gasteiger partial charge is 0.271 e. The van der Waals surface area contributed by atoms with E-state index in [0.29, 0.717) is 25.7 Å². The minimum Gasteiger partial charge on any atom is -0.372 e. The molecule has 0 saturated carbocycles. The van der Waals surface area contributed by atoms with Crippen LogP contribution in [0, 0.1) is 0 Å². The Labute approximate surface area is 187 Å². The van der Waals surface area contributed by atoms with Crippen LogP contribution >= 0.6 is 11.6 Å². The van der Waals surface area contributed by atoms with Gasteiger partial charge in [0.25, 0.3) is 5.91 Å². The van der Waals surface area contributed by atoms with Crippen molar-refractivity contribution in [3.8, 4) is 0 Å². The second-order valence-corrected chi connectivity index (χ2v) is 7.95. The lowest BCUT2D eigenvalue weighted by Crippen LogP contribution is -2.26. The SMILES string of the molecule is O=C(NCc1cccc(COCc2ccccc2)c1)c1nc(N2CCCC2)ncc1Cl. The quantitative estimate of drug-likeness (QED) is 0.567. The number of rotatable bonds is 8. The lowest BCUT2D eigenvalue weighted by molar-refractivity contribution is 0.0946. The summed E-state index contributed by atoms with van der Waals surface area (Å²) in [6.07, 6.45) is 3.72. The number of ether oxygens (including phenoxy) is 1. The van der Waals surface area contributed by atoms with Gasteiger partial charge in [0.2, 0.25) is 5.95 Å². The monoisotopic (exact) mass is 436 g/mol. The first-order valence-electron chi connectivity index (χ1n) is 10.4. The molecule has 31 heavy (non-hydrogen) atoms. The third kappa shape index (κ3) is 5.81.